The molecule has 0 spiro atoms. The quantitative estimate of drug-likeness (QED) is 0.856. The molecule has 1 aromatic rings. The highest BCUT2D eigenvalue weighted by atomic mass is 16.2. The Kier molecular flexibility index (Phi) is 4.19. The van der Waals surface area contributed by atoms with Crippen LogP contribution < -0.4 is 5.73 Å². The van der Waals surface area contributed by atoms with Gasteiger partial charge in [0.2, 0.25) is 0 Å². The van der Waals surface area contributed by atoms with Crippen molar-refractivity contribution in [1.29, 1.82) is 0 Å². The molecule has 2 atom stereocenters. The predicted molar refractivity (Wildman–Crippen MR) is 82.8 cm³/mol. The minimum atomic E-state index is -0.0238. The molecule has 2 N–H and O–H groups in total. The van der Waals surface area contributed by atoms with Gasteiger partial charge in [-0.1, -0.05) is 45.9 Å². The number of carbonyl (C=O) groups excluding carboxylic acids is 1. The molecule has 0 bridgehead atoms. The number of carbonyl (C=O) groups is 1. The Labute approximate surface area is 122 Å². The summed E-state index contributed by atoms with van der Waals surface area (Å²) in [6.45, 7) is 10.1. The van der Waals surface area contributed by atoms with E-state index in [0.717, 1.165) is 30.6 Å². The Morgan fingerprint density at radius 1 is 1.30 bits per heavy atom. The number of rotatable bonds is 1. The second-order valence-electron chi connectivity index (χ2n) is 6.98. The van der Waals surface area contributed by atoms with Gasteiger partial charge in [-0.2, -0.15) is 0 Å². The van der Waals surface area contributed by atoms with Gasteiger partial charge < -0.3 is 10.6 Å². The second kappa shape index (κ2) is 5.57. The van der Waals surface area contributed by atoms with Gasteiger partial charge in [0.25, 0.3) is 5.91 Å². The molecule has 1 saturated heterocycles. The van der Waals surface area contributed by atoms with Crippen molar-refractivity contribution in [3.8, 4) is 0 Å². The molecule has 2 unspecified atom stereocenters. The van der Waals surface area contributed by atoms with E-state index in [-0.39, 0.29) is 17.4 Å². The Bertz CT molecular complexity index is 490. The first kappa shape index (κ1) is 15.0. The number of nitrogens with zero attached hydrogens (tertiary/aromatic N) is 1. The fraction of sp³-hybridized carbons (Fsp3) is 0.588. The third-order valence-corrected chi connectivity index (χ3v) is 4.22. The normalized spacial score (nSPS) is 23.8. The van der Waals surface area contributed by atoms with Crippen LogP contribution in [0.5, 0.6) is 0 Å². The zero-order chi connectivity index (χ0) is 14.9. The van der Waals surface area contributed by atoms with Gasteiger partial charge in [-0.15, -0.1) is 0 Å². The Morgan fingerprint density at radius 2 is 1.95 bits per heavy atom. The summed E-state index contributed by atoms with van der Waals surface area (Å²) >= 11 is 0. The standard InChI is InChI=1S/C17H26N2O/c1-12-11-19(10-9-15(12)18)16(20)13-7-5-6-8-14(13)17(2,3)4/h5-8,12,15H,9-11,18H2,1-4H3. The van der Waals surface area contributed by atoms with E-state index in [9.17, 15) is 4.79 Å². The van der Waals surface area contributed by atoms with Gasteiger partial charge in [0.05, 0.1) is 0 Å². The lowest BCUT2D eigenvalue weighted by Crippen LogP contribution is -2.48. The molecule has 0 aliphatic carbocycles. The smallest absolute Gasteiger partial charge is 0.254 e. The molecule has 0 radical (unpaired) electrons. The van der Waals surface area contributed by atoms with E-state index < -0.39 is 0 Å². The van der Waals surface area contributed by atoms with Gasteiger partial charge in [0.15, 0.2) is 0 Å². The molecule has 3 heteroatoms. The van der Waals surface area contributed by atoms with E-state index >= 15 is 0 Å². The molecule has 1 fully saturated rings. The Hall–Kier alpha value is -1.35. The molecule has 1 amide bonds. The van der Waals surface area contributed by atoms with Crippen LogP contribution in [0.4, 0.5) is 0 Å². The van der Waals surface area contributed by atoms with Crippen LogP contribution >= 0.6 is 0 Å². The van der Waals surface area contributed by atoms with Crippen molar-refractivity contribution >= 4 is 5.91 Å². The van der Waals surface area contributed by atoms with E-state index in [1.807, 2.05) is 23.1 Å². The number of hydrogen-bond donors (Lipinski definition) is 1. The molecule has 2 rings (SSSR count). The van der Waals surface area contributed by atoms with Crippen LogP contribution in [0.3, 0.4) is 0 Å². The van der Waals surface area contributed by atoms with Gasteiger partial charge in [-0.05, 0) is 29.4 Å². The van der Waals surface area contributed by atoms with E-state index in [1.165, 1.54) is 0 Å². The molecule has 110 valence electrons. The summed E-state index contributed by atoms with van der Waals surface area (Å²) in [7, 11) is 0. The van der Waals surface area contributed by atoms with Gasteiger partial charge in [0.1, 0.15) is 0 Å². The molecular formula is C17H26N2O. The maximum absolute atomic E-state index is 12.8. The van der Waals surface area contributed by atoms with Crippen LogP contribution in [0.1, 0.15) is 50.0 Å². The lowest BCUT2D eigenvalue weighted by atomic mass is 9.83. The average Bonchev–Trinajstić information content (AvgIpc) is 2.40. The molecule has 1 aromatic carbocycles. The minimum absolute atomic E-state index is 0.0238. The summed E-state index contributed by atoms with van der Waals surface area (Å²) in [5.74, 6) is 0.517. The van der Waals surface area contributed by atoms with Crippen molar-refractivity contribution in [3.63, 3.8) is 0 Å². The highest BCUT2D eigenvalue weighted by Crippen LogP contribution is 2.27. The van der Waals surface area contributed by atoms with Gasteiger partial charge in [-0.25, -0.2) is 0 Å². The lowest BCUT2D eigenvalue weighted by Gasteiger charge is -2.36. The number of benzene rings is 1. The van der Waals surface area contributed by atoms with E-state index in [1.54, 1.807) is 0 Å². The highest BCUT2D eigenvalue weighted by Gasteiger charge is 2.29. The van der Waals surface area contributed by atoms with Crippen molar-refractivity contribution in [2.75, 3.05) is 13.1 Å². The van der Waals surface area contributed by atoms with Crippen molar-refractivity contribution in [3.05, 3.63) is 35.4 Å². The predicted octanol–water partition coefficient (Wildman–Crippen LogP) is 2.79. The van der Waals surface area contributed by atoms with Crippen LogP contribution in [-0.4, -0.2) is 29.9 Å². The summed E-state index contributed by atoms with van der Waals surface area (Å²) in [4.78, 5) is 14.8. The number of likely N-dealkylation sites (tertiary alicyclic amines) is 1. The van der Waals surface area contributed by atoms with Gasteiger partial charge >= 0.3 is 0 Å². The first-order valence-corrected chi connectivity index (χ1v) is 7.45. The molecular weight excluding hydrogens is 248 g/mol. The number of hydrogen-bond acceptors (Lipinski definition) is 2. The minimum Gasteiger partial charge on any atom is -0.338 e. The van der Waals surface area contributed by atoms with Crippen molar-refractivity contribution in [2.45, 2.75) is 45.6 Å². The second-order valence-corrected chi connectivity index (χ2v) is 6.98. The van der Waals surface area contributed by atoms with Crippen LogP contribution in [0, 0.1) is 5.92 Å². The lowest BCUT2D eigenvalue weighted by molar-refractivity contribution is 0.0661. The van der Waals surface area contributed by atoms with Crippen LogP contribution in [0.25, 0.3) is 0 Å². The van der Waals surface area contributed by atoms with Crippen LogP contribution in [-0.2, 0) is 5.41 Å². The first-order chi connectivity index (χ1) is 9.30. The fourth-order valence-corrected chi connectivity index (χ4v) is 2.84. The molecule has 1 aliphatic rings. The number of amides is 1. The average molecular weight is 274 g/mol. The number of nitrogens with two attached hydrogens (primary N) is 1. The summed E-state index contributed by atoms with van der Waals surface area (Å²) in [6, 6.07) is 8.18. The molecule has 0 saturated carbocycles. The Morgan fingerprint density at radius 3 is 2.55 bits per heavy atom. The topological polar surface area (TPSA) is 46.3 Å². The molecule has 1 aliphatic heterocycles. The van der Waals surface area contributed by atoms with E-state index in [2.05, 4.69) is 33.8 Å². The molecule has 1 heterocycles. The fourth-order valence-electron chi connectivity index (χ4n) is 2.84. The van der Waals surface area contributed by atoms with Crippen molar-refractivity contribution < 1.29 is 4.79 Å². The zero-order valence-electron chi connectivity index (χ0n) is 13.0. The molecule has 20 heavy (non-hydrogen) atoms. The molecule has 0 aromatic heterocycles. The first-order valence-electron chi connectivity index (χ1n) is 7.45. The largest absolute Gasteiger partial charge is 0.338 e. The van der Waals surface area contributed by atoms with Crippen molar-refractivity contribution in [1.82, 2.24) is 4.90 Å². The third-order valence-electron chi connectivity index (χ3n) is 4.22. The molecule has 3 nitrogen and oxygen atoms in total. The van der Waals surface area contributed by atoms with E-state index in [0.29, 0.717) is 5.92 Å². The summed E-state index contributed by atoms with van der Waals surface area (Å²) < 4.78 is 0. The highest BCUT2D eigenvalue weighted by molar-refractivity contribution is 5.96. The zero-order valence-corrected chi connectivity index (χ0v) is 13.0. The summed E-state index contributed by atoms with van der Waals surface area (Å²) in [5, 5.41) is 0. The van der Waals surface area contributed by atoms with Crippen LogP contribution in [0.15, 0.2) is 24.3 Å². The third kappa shape index (κ3) is 3.04. The van der Waals surface area contributed by atoms with Crippen molar-refractivity contribution in [2.24, 2.45) is 11.7 Å². The summed E-state index contributed by atoms with van der Waals surface area (Å²) in [6.07, 6.45) is 0.893. The van der Waals surface area contributed by atoms with Crippen LogP contribution in [0.2, 0.25) is 0 Å². The monoisotopic (exact) mass is 274 g/mol. The van der Waals surface area contributed by atoms with Gasteiger partial charge in [-0.3, -0.25) is 4.79 Å². The summed E-state index contributed by atoms with van der Waals surface area (Å²) in [5.41, 5.74) is 7.97. The Balaban J connectivity index is 2.26. The SMILES string of the molecule is CC1CN(C(=O)c2ccccc2C(C)(C)C)CCC1N. The van der Waals surface area contributed by atoms with E-state index in [4.69, 9.17) is 5.73 Å². The maximum Gasteiger partial charge on any atom is 0.254 e. The van der Waals surface area contributed by atoms with Gasteiger partial charge in [0, 0.05) is 24.7 Å². The number of piperidine rings is 1. The maximum atomic E-state index is 12.8.